The molecule has 0 saturated carbocycles. The van der Waals surface area contributed by atoms with Crippen LogP contribution in [-0.4, -0.2) is 34.3 Å². The smallest absolute Gasteiger partial charge is 0.250 e. The Bertz CT molecular complexity index is 1040. The molecule has 1 fully saturated rings. The molecule has 0 atom stereocenters. The molecule has 7 heteroatoms. The van der Waals surface area contributed by atoms with Gasteiger partial charge in [0, 0.05) is 18.8 Å². The average Bonchev–Trinajstić information content (AvgIpc) is 2.78. The topological polar surface area (TPSA) is 78.3 Å². The van der Waals surface area contributed by atoms with E-state index in [9.17, 15) is 0 Å². The van der Waals surface area contributed by atoms with E-state index in [1.165, 1.54) is 11.1 Å². The van der Waals surface area contributed by atoms with Gasteiger partial charge >= 0.3 is 0 Å². The average molecular weight is 416 g/mol. The molecule has 4 rings (SSSR count). The minimum Gasteiger partial charge on any atom is -0.341 e. The largest absolute Gasteiger partial charge is 0.341 e. The second-order valence-corrected chi connectivity index (χ2v) is 8.11. The lowest BCUT2D eigenvalue weighted by Crippen LogP contribution is -2.34. The molecule has 1 aromatic heterocycles. The highest BCUT2D eigenvalue weighted by molar-refractivity contribution is 5.79. The van der Waals surface area contributed by atoms with Gasteiger partial charge in [0.2, 0.25) is 17.8 Å². The fraction of sp³-hybridized carbons (Fsp3) is 0.333. The van der Waals surface area contributed by atoms with Crippen molar-refractivity contribution in [2.75, 3.05) is 28.7 Å². The Labute approximate surface area is 183 Å². The fourth-order valence-corrected chi connectivity index (χ4v) is 3.53. The number of aryl methyl sites for hydroxylation is 1. The summed E-state index contributed by atoms with van der Waals surface area (Å²) in [6.07, 6.45) is 4.03. The second kappa shape index (κ2) is 9.55. The first-order valence-electron chi connectivity index (χ1n) is 10.8. The SMILES string of the molecule is Cc1cccc(Nc2nc(N/N=C/c3ccccc3)nc(N3CCC(C)CC3)n2)c1C. The van der Waals surface area contributed by atoms with Gasteiger partial charge in [-0.05, 0) is 55.4 Å². The summed E-state index contributed by atoms with van der Waals surface area (Å²) in [6.45, 7) is 8.37. The van der Waals surface area contributed by atoms with Crippen molar-refractivity contribution in [3.63, 3.8) is 0 Å². The van der Waals surface area contributed by atoms with Gasteiger partial charge in [-0.25, -0.2) is 5.43 Å². The molecule has 3 aromatic rings. The highest BCUT2D eigenvalue weighted by atomic mass is 15.4. The van der Waals surface area contributed by atoms with E-state index in [1.54, 1.807) is 6.21 Å². The zero-order chi connectivity index (χ0) is 21.6. The lowest BCUT2D eigenvalue weighted by Gasteiger charge is -2.30. The van der Waals surface area contributed by atoms with Crippen molar-refractivity contribution < 1.29 is 0 Å². The Morgan fingerprint density at radius 2 is 1.68 bits per heavy atom. The van der Waals surface area contributed by atoms with Crippen molar-refractivity contribution in [1.82, 2.24) is 15.0 Å². The predicted molar refractivity (Wildman–Crippen MR) is 127 cm³/mol. The van der Waals surface area contributed by atoms with E-state index in [4.69, 9.17) is 4.98 Å². The van der Waals surface area contributed by atoms with Gasteiger partial charge in [0.05, 0.1) is 6.21 Å². The summed E-state index contributed by atoms with van der Waals surface area (Å²) in [5, 5.41) is 7.68. The first-order chi connectivity index (χ1) is 15.1. The van der Waals surface area contributed by atoms with Crippen LogP contribution in [-0.2, 0) is 0 Å². The molecule has 1 aliphatic heterocycles. The van der Waals surface area contributed by atoms with Crippen LogP contribution >= 0.6 is 0 Å². The van der Waals surface area contributed by atoms with Crippen LogP contribution in [0.4, 0.5) is 23.5 Å². The van der Waals surface area contributed by atoms with Crippen LogP contribution in [0.15, 0.2) is 53.6 Å². The molecular formula is C24H29N7. The zero-order valence-electron chi connectivity index (χ0n) is 18.3. The molecule has 0 radical (unpaired) electrons. The third-order valence-electron chi connectivity index (χ3n) is 5.72. The molecule has 7 nitrogen and oxygen atoms in total. The number of hydrogen-bond donors (Lipinski definition) is 2. The van der Waals surface area contributed by atoms with Crippen LogP contribution in [0.1, 0.15) is 36.5 Å². The van der Waals surface area contributed by atoms with Gasteiger partial charge in [0.25, 0.3) is 0 Å². The summed E-state index contributed by atoms with van der Waals surface area (Å²) in [5.41, 5.74) is 7.36. The van der Waals surface area contributed by atoms with E-state index in [-0.39, 0.29) is 0 Å². The lowest BCUT2D eigenvalue weighted by molar-refractivity contribution is 0.434. The van der Waals surface area contributed by atoms with Crippen molar-refractivity contribution in [3.8, 4) is 0 Å². The number of hydrazone groups is 1. The van der Waals surface area contributed by atoms with Crippen LogP contribution in [0.5, 0.6) is 0 Å². The van der Waals surface area contributed by atoms with Gasteiger partial charge in [0.1, 0.15) is 0 Å². The molecule has 160 valence electrons. The number of benzene rings is 2. The summed E-state index contributed by atoms with van der Waals surface area (Å²) in [5.74, 6) is 2.34. The minimum atomic E-state index is 0.420. The van der Waals surface area contributed by atoms with Gasteiger partial charge in [-0.3, -0.25) is 0 Å². The number of nitrogens with one attached hydrogen (secondary N) is 2. The molecule has 2 aromatic carbocycles. The van der Waals surface area contributed by atoms with E-state index in [0.29, 0.717) is 17.8 Å². The Balaban J connectivity index is 1.60. The maximum absolute atomic E-state index is 4.72. The normalized spacial score (nSPS) is 14.7. The molecule has 1 saturated heterocycles. The first kappa shape index (κ1) is 20.8. The zero-order valence-corrected chi connectivity index (χ0v) is 18.3. The van der Waals surface area contributed by atoms with Crippen molar-refractivity contribution in [3.05, 3.63) is 65.2 Å². The molecule has 0 bridgehead atoms. The number of nitrogens with zero attached hydrogens (tertiary/aromatic N) is 5. The molecule has 0 unspecified atom stereocenters. The molecular weight excluding hydrogens is 386 g/mol. The quantitative estimate of drug-likeness (QED) is 0.440. The molecule has 0 spiro atoms. The van der Waals surface area contributed by atoms with Crippen LogP contribution in [0.25, 0.3) is 0 Å². The Hall–Kier alpha value is -3.48. The first-order valence-corrected chi connectivity index (χ1v) is 10.8. The van der Waals surface area contributed by atoms with E-state index >= 15 is 0 Å². The minimum absolute atomic E-state index is 0.420. The van der Waals surface area contributed by atoms with Crippen LogP contribution < -0.4 is 15.6 Å². The van der Waals surface area contributed by atoms with E-state index in [2.05, 4.69) is 57.5 Å². The number of anilines is 4. The lowest BCUT2D eigenvalue weighted by atomic mass is 10.00. The highest BCUT2D eigenvalue weighted by Crippen LogP contribution is 2.25. The number of rotatable bonds is 6. The Morgan fingerprint density at radius 1 is 0.935 bits per heavy atom. The van der Waals surface area contributed by atoms with Crippen molar-refractivity contribution in [2.45, 2.75) is 33.6 Å². The van der Waals surface area contributed by atoms with Gasteiger partial charge in [0.15, 0.2) is 0 Å². The van der Waals surface area contributed by atoms with Gasteiger partial charge < -0.3 is 10.2 Å². The van der Waals surface area contributed by atoms with Crippen molar-refractivity contribution in [2.24, 2.45) is 11.0 Å². The number of aromatic nitrogens is 3. The Kier molecular flexibility index (Phi) is 6.40. The number of piperidine rings is 1. The van der Waals surface area contributed by atoms with Gasteiger partial charge in [-0.1, -0.05) is 49.4 Å². The van der Waals surface area contributed by atoms with Crippen LogP contribution in [0, 0.1) is 19.8 Å². The fourth-order valence-electron chi connectivity index (χ4n) is 3.53. The van der Waals surface area contributed by atoms with Crippen LogP contribution in [0.3, 0.4) is 0 Å². The Morgan fingerprint density at radius 3 is 2.45 bits per heavy atom. The third kappa shape index (κ3) is 5.36. The molecule has 2 N–H and O–H groups in total. The van der Waals surface area contributed by atoms with E-state index in [0.717, 1.165) is 43.1 Å². The maximum atomic E-state index is 4.72. The summed E-state index contributed by atoms with van der Waals surface area (Å²) in [4.78, 5) is 16.1. The van der Waals surface area contributed by atoms with Crippen molar-refractivity contribution >= 4 is 29.7 Å². The monoisotopic (exact) mass is 415 g/mol. The summed E-state index contributed by atoms with van der Waals surface area (Å²) < 4.78 is 0. The standard InChI is InChI=1S/C24H29N7/c1-17-12-14-31(15-13-17)24-28-22(26-21-11-7-8-18(2)19(21)3)27-23(29-24)30-25-16-20-9-5-4-6-10-20/h4-11,16-17H,12-15H2,1-3H3,(H2,26,27,28,29,30)/b25-16+. The molecule has 1 aliphatic rings. The van der Waals surface area contributed by atoms with Gasteiger partial charge in [-0.15, -0.1) is 0 Å². The van der Waals surface area contributed by atoms with E-state index in [1.807, 2.05) is 42.5 Å². The summed E-state index contributed by atoms with van der Waals surface area (Å²) in [6, 6.07) is 16.1. The summed E-state index contributed by atoms with van der Waals surface area (Å²) in [7, 11) is 0. The predicted octanol–water partition coefficient (Wildman–Crippen LogP) is 4.91. The molecule has 0 aliphatic carbocycles. The maximum Gasteiger partial charge on any atom is 0.250 e. The van der Waals surface area contributed by atoms with E-state index < -0.39 is 0 Å². The van der Waals surface area contributed by atoms with Crippen molar-refractivity contribution in [1.29, 1.82) is 0 Å². The molecule has 2 heterocycles. The number of hydrogen-bond acceptors (Lipinski definition) is 7. The molecule has 31 heavy (non-hydrogen) atoms. The highest BCUT2D eigenvalue weighted by Gasteiger charge is 2.20. The second-order valence-electron chi connectivity index (χ2n) is 8.11. The van der Waals surface area contributed by atoms with Crippen LogP contribution in [0.2, 0.25) is 0 Å². The third-order valence-corrected chi connectivity index (χ3v) is 5.72. The molecule has 0 amide bonds. The summed E-state index contributed by atoms with van der Waals surface area (Å²) >= 11 is 0. The van der Waals surface area contributed by atoms with Gasteiger partial charge in [-0.2, -0.15) is 20.1 Å².